The van der Waals surface area contributed by atoms with Gasteiger partial charge in [-0.3, -0.25) is 0 Å². The predicted molar refractivity (Wildman–Crippen MR) is 90.6 cm³/mol. The minimum absolute atomic E-state index is 0.320. The fourth-order valence-corrected chi connectivity index (χ4v) is 3.01. The lowest BCUT2D eigenvalue weighted by molar-refractivity contribution is 0.00578. The molecule has 1 aliphatic rings. The minimum atomic E-state index is -0.334. The number of aromatic nitrogens is 2. The summed E-state index contributed by atoms with van der Waals surface area (Å²) in [5, 5.41) is 0. The second-order valence-corrected chi connectivity index (χ2v) is 7.46. The van der Waals surface area contributed by atoms with Crippen LogP contribution in [0.4, 0.5) is 0 Å². The average molecular weight is 300 g/mol. The first kappa shape index (κ1) is 15.6. The summed E-state index contributed by atoms with van der Waals surface area (Å²) in [7, 11) is -0.334. The van der Waals surface area contributed by atoms with Gasteiger partial charge in [-0.1, -0.05) is 6.07 Å². The van der Waals surface area contributed by atoms with Crippen molar-refractivity contribution in [1.82, 2.24) is 9.55 Å². The maximum atomic E-state index is 6.13. The van der Waals surface area contributed by atoms with Crippen LogP contribution in [-0.2, 0) is 9.31 Å². The van der Waals surface area contributed by atoms with E-state index >= 15 is 0 Å². The van der Waals surface area contributed by atoms with Crippen LogP contribution in [0.2, 0.25) is 0 Å². The molecule has 2 heterocycles. The second-order valence-electron chi connectivity index (χ2n) is 7.46. The third-order valence-electron chi connectivity index (χ3n) is 4.93. The molecule has 2 aromatic rings. The van der Waals surface area contributed by atoms with Crippen molar-refractivity contribution in [2.45, 2.75) is 65.7 Å². The largest absolute Gasteiger partial charge is 0.494 e. The van der Waals surface area contributed by atoms with Crippen molar-refractivity contribution in [1.29, 1.82) is 0 Å². The maximum absolute atomic E-state index is 6.13. The number of nitrogens with zero attached hydrogens (tertiary/aromatic N) is 2. The fraction of sp³-hybridized carbons (Fsp3) is 0.588. The molecule has 1 fully saturated rings. The van der Waals surface area contributed by atoms with Crippen LogP contribution in [0.3, 0.4) is 0 Å². The van der Waals surface area contributed by atoms with Gasteiger partial charge in [-0.05, 0) is 66.1 Å². The van der Waals surface area contributed by atoms with Crippen LogP contribution in [0.15, 0.2) is 18.2 Å². The van der Waals surface area contributed by atoms with Gasteiger partial charge in [-0.2, -0.15) is 0 Å². The van der Waals surface area contributed by atoms with E-state index in [4.69, 9.17) is 14.3 Å². The summed E-state index contributed by atoms with van der Waals surface area (Å²) in [6.07, 6.45) is 0. The zero-order valence-corrected chi connectivity index (χ0v) is 14.6. The van der Waals surface area contributed by atoms with Crippen molar-refractivity contribution >= 4 is 23.6 Å². The Kier molecular flexibility index (Phi) is 3.42. The molecule has 0 atom stereocenters. The number of rotatable bonds is 2. The van der Waals surface area contributed by atoms with Crippen molar-refractivity contribution in [3.8, 4) is 0 Å². The number of hydrogen-bond acceptors (Lipinski definition) is 3. The molecule has 4 nitrogen and oxygen atoms in total. The summed E-state index contributed by atoms with van der Waals surface area (Å²) in [6, 6.07) is 6.69. The summed E-state index contributed by atoms with van der Waals surface area (Å²) in [5.74, 6) is 1.04. The van der Waals surface area contributed by atoms with Gasteiger partial charge >= 0.3 is 7.12 Å². The molecule has 1 aliphatic heterocycles. The van der Waals surface area contributed by atoms with Crippen LogP contribution in [0.25, 0.3) is 11.0 Å². The molecule has 3 rings (SSSR count). The number of aryl methyl sites for hydroxylation is 1. The van der Waals surface area contributed by atoms with E-state index in [0.717, 1.165) is 22.3 Å². The average Bonchev–Trinajstić information content (AvgIpc) is 2.81. The van der Waals surface area contributed by atoms with Gasteiger partial charge in [0.1, 0.15) is 5.82 Å². The monoisotopic (exact) mass is 300 g/mol. The molecular weight excluding hydrogens is 275 g/mol. The highest BCUT2D eigenvalue weighted by Gasteiger charge is 2.51. The standard InChI is InChI=1S/C17H25BN2O2/c1-11(2)20-12(3)19-14-10-13(8-9-15(14)20)18-21-16(4,5)17(6,7)22-18/h8-11H,1-7H3. The molecule has 1 aromatic carbocycles. The molecule has 1 aromatic heterocycles. The molecule has 0 amide bonds. The lowest BCUT2D eigenvalue weighted by Gasteiger charge is -2.32. The first-order chi connectivity index (χ1) is 10.1. The third-order valence-corrected chi connectivity index (χ3v) is 4.93. The number of imidazole rings is 1. The summed E-state index contributed by atoms with van der Waals surface area (Å²) in [5.41, 5.74) is 2.55. The molecule has 0 unspecified atom stereocenters. The zero-order chi connectivity index (χ0) is 16.3. The molecule has 1 saturated heterocycles. The topological polar surface area (TPSA) is 36.3 Å². The van der Waals surface area contributed by atoms with E-state index in [2.05, 4.69) is 71.2 Å². The Bertz CT molecular complexity index is 703. The fourth-order valence-electron chi connectivity index (χ4n) is 3.01. The highest BCUT2D eigenvalue weighted by atomic mass is 16.7. The zero-order valence-electron chi connectivity index (χ0n) is 14.6. The van der Waals surface area contributed by atoms with Crippen LogP contribution in [0.1, 0.15) is 53.4 Å². The van der Waals surface area contributed by atoms with Crippen molar-refractivity contribution in [3.05, 3.63) is 24.0 Å². The first-order valence-corrected chi connectivity index (χ1v) is 7.96. The Morgan fingerprint density at radius 2 is 1.68 bits per heavy atom. The van der Waals surface area contributed by atoms with E-state index in [0.29, 0.717) is 6.04 Å². The summed E-state index contributed by atoms with van der Waals surface area (Å²) >= 11 is 0. The van der Waals surface area contributed by atoms with Crippen LogP contribution < -0.4 is 5.46 Å². The normalized spacial score (nSPS) is 20.3. The molecule has 0 spiro atoms. The van der Waals surface area contributed by atoms with Crippen molar-refractivity contribution < 1.29 is 9.31 Å². The van der Waals surface area contributed by atoms with Gasteiger partial charge in [0.2, 0.25) is 0 Å². The molecule has 0 aliphatic carbocycles. The van der Waals surface area contributed by atoms with Gasteiger partial charge < -0.3 is 13.9 Å². The van der Waals surface area contributed by atoms with Gasteiger partial charge in [0, 0.05) is 6.04 Å². The quantitative estimate of drug-likeness (QED) is 0.799. The second kappa shape index (κ2) is 4.83. The van der Waals surface area contributed by atoms with Gasteiger partial charge in [0.15, 0.2) is 0 Å². The van der Waals surface area contributed by atoms with Gasteiger partial charge in [-0.25, -0.2) is 4.98 Å². The maximum Gasteiger partial charge on any atom is 0.494 e. The molecule has 22 heavy (non-hydrogen) atoms. The summed E-state index contributed by atoms with van der Waals surface area (Å²) in [6.45, 7) is 14.7. The molecule has 0 N–H and O–H groups in total. The van der Waals surface area contributed by atoms with Crippen LogP contribution in [-0.4, -0.2) is 27.9 Å². The van der Waals surface area contributed by atoms with E-state index < -0.39 is 0 Å². The Balaban J connectivity index is 2.01. The first-order valence-electron chi connectivity index (χ1n) is 7.96. The third kappa shape index (κ3) is 2.27. The van der Waals surface area contributed by atoms with Crippen molar-refractivity contribution in [2.75, 3.05) is 0 Å². The molecule has 0 radical (unpaired) electrons. The van der Waals surface area contributed by atoms with Crippen molar-refractivity contribution in [3.63, 3.8) is 0 Å². The smallest absolute Gasteiger partial charge is 0.399 e. The van der Waals surface area contributed by atoms with E-state index in [1.54, 1.807) is 0 Å². The molecule has 118 valence electrons. The van der Waals surface area contributed by atoms with Crippen molar-refractivity contribution in [2.24, 2.45) is 0 Å². The lowest BCUT2D eigenvalue weighted by atomic mass is 9.79. The molecule has 5 heteroatoms. The molecular formula is C17H25BN2O2. The predicted octanol–water partition coefficient (Wildman–Crippen LogP) is 3.22. The van der Waals surface area contributed by atoms with E-state index in [1.807, 2.05) is 0 Å². The van der Waals surface area contributed by atoms with Gasteiger partial charge in [0.25, 0.3) is 0 Å². The Morgan fingerprint density at radius 3 is 2.23 bits per heavy atom. The van der Waals surface area contributed by atoms with E-state index in [1.165, 1.54) is 0 Å². The summed E-state index contributed by atoms with van der Waals surface area (Å²) in [4.78, 5) is 4.69. The van der Waals surface area contributed by atoms with E-state index in [-0.39, 0.29) is 18.3 Å². The Hall–Kier alpha value is -1.33. The van der Waals surface area contributed by atoms with Crippen LogP contribution >= 0.6 is 0 Å². The SMILES string of the molecule is Cc1nc2cc(B3OC(C)(C)C(C)(C)O3)ccc2n1C(C)C. The van der Waals surface area contributed by atoms with E-state index in [9.17, 15) is 0 Å². The minimum Gasteiger partial charge on any atom is -0.399 e. The number of hydrogen-bond donors (Lipinski definition) is 0. The lowest BCUT2D eigenvalue weighted by Crippen LogP contribution is -2.41. The molecule has 0 bridgehead atoms. The highest BCUT2D eigenvalue weighted by Crippen LogP contribution is 2.36. The Labute approximate surface area is 133 Å². The summed E-state index contributed by atoms with van der Waals surface area (Å²) < 4.78 is 14.5. The highest BCUT2D eigenvalue weighted by molar-refractivity contribution is 6.62. The molecule has 0 saturated carbocycles. The van der Waals surface area contributed by atoms with Crippen LogP contribution in [0.5, 0.6) is 0 Å². The number of fused-ring (bicyclic) bond motifs is 1. The van der Waals surface area contributed by atoms with Crippen LogP contribution in [0, 0.1) is 6.92 Å². The Morgan fingerprint density at radius 1 is 1.09 bits per heavy atom. The van der Waals surface area contributed by atoms with Gasteiger partial charge in [0.05, 0.1) is 22.2 Å². The number of benzene rings is 1. The van der Waals surface area contributed by atoms with Gasteiger partial charge in [-0.15, -0.1) is 0 Å².